The number of ether oxygens (including phenoxy) is 1. The zero-order valence-electron chi connectivity index (χ0n) is 14.9. The highest BCUT2D eigenvalue weighted by molar-refractivity contribution is 6.06. The van der Waals surface area contributed by atoms with Crippen LogP contribution in [0.1, 0.15) is 20.7 Å². The van der Waals surface area contributed by atoms with Gasteiger partial charge in [0.15, 0.2) is 0 Å². The fourth-order valence-electron chi connectivity index (χ4n) is 3.18. The van der Waals surface area contributed by atoms with Crippen LogP contribution in [0.25, 0.3) is 10.8 Å². The van der Waals surface area contributed by atoms with Gasteiger partial charge in [0.1, 0.15) is 0 Å². The summed E-state index contributed by atoms with van der Waals surface area (Å²) in [5, 5.41) is 5.01. The molecule has 0 bridgehead atoms. The van der Waals surface area contributed by atoms with Crippen molar-refractivity contribution >= 4 is 28.3 Å². The number of morpholine rings is 1. The quantitative estimate of drug-likeness (QED) is 0.777. The maximum absolute atomic E-state index is 12.5. The molecule has 0 unspecified atom stereocenters. The number of anilines is 1. The van der Waals surface area contributed by atoms with Crippen LogP contribution in [0.5, 0.6) is 0 Å². The zero-order valence-corrected chi connectivity index (χ0v) is 14.9. The van der Waals surface area contributed by atoms with Crippen molar-refractivity contribution in [2.24, 2.45) is 0 Å². The van der Waals surface area contributed by atoms with Crippen LogP contribution in [0.4, 0.5) is 5.69 Å². The van der Waals surface area contributed by atoms with Crippen molar-refractivity contribution in [1.82, 2.24) is 4.90 Å². The molecular weight excluding hydrogens is 340 g/mol. The van der Waals surface area contributed by atoms with Crippen LogP contribution >= 0.6 is 0 Å². The summed E-state index contributed by atoms with van der Waals surface area (Å²) in [5.41, 5.74) is 1.87. The molecular formula is C22H20N2O3. The van der Waals surface area contributed by atoms with Gasteiger partial charge in [-0.15, -0.1) is 0 Å². The number of hydrogen-bond acceptors (Lipinski definition) is 3. The van der Waals surface area contributed by atoms with Crippen LogP contribution < -0.4 is 5.32 Å². The van der Waals surface area contributed by atoms with Crippen LogP contribution in [0.3, 0.4) is 0 Å². The Hall–Kier alpha value is -3.18. The van der Waals surface area contributed by atoms with Gasteiger partial charge in [-0.2, -0.15) is 0 Å². The lowest BCUT2D eigenvalue weighted by atomic mass is 10.1. The Labute approximate surface area is 157 Å². The normalized spacial score (nSPS) is 14.1. The lowest BCUT2D eigenvalue weighted by Gasteiger charge is -2.26. The van der Waals surface area contributed by atoms with Crippen molar-refractivity contribution in [2.75, 3.05) is 31.6 Å². The monoisotopic (exact) mass is 360 g/mol. The molecule has 3 aromatic carbocycles. The highest BCUT2D eigenvalue weighted by Gasteiger charge is 2.18. The number of fused-ring (bicyclic) bond motifs is 1. The van der Waals surface area contributed by atoms with E-state index < -0.39 is 0 Å². The van der Waals surface area contributed by atoms with Crippen LogP contribution in [0.2, 0.25) is 0 Å². The van der Waals surface area contributed by atoms with Gasteiger partial charge in [-0.1, -0.05) is 30.3 Å². The molecule has 1 heterocycles. The summed E-state index contributed by atoms with van der Waals surface area (Å²) in [4.78, 5) is 26.8. The Balaban J connectivity index is 1.45. The Morgan fingerprint density at radius 1 is 0.815 bits per heavy atom. The number of benzene rings is 3. The minimum Gasteiger partial charge on any atom is -0.378 e. The number of carbonyl (C=O) groups excluding carboxylic acids is 2. The van der Waals surface area contributed by atoms with Gasteiger partial charge in [0.2, 0.25) is 0 Å². The van der Waals surface area contributed by atoms with Gasteiger partial charge in [0.05, 0.1) is 13.2 Å². The van der Waals surface area contributed by atoms with Gasteiger partial charge in [-0.05, 0) is 47.2 Å². The zero-order chi connectivity index (χ0) is 18.6. The van der Waals surface area contributed by atoms with E-state index in [4.69, 9.17) is 4.74 Å². The predicted octanol–water partition coefficient (Wildman–Crippen LogP) is 3.56. The molecule has 0 aliphatic carbocycles. The highest BCUT2D eigenvalue weighted by atomic mass is 16.5. The molecule has 0 spiro atoms. The summed E-state index contributed by atoms with van der Waals surface area (Å²) in [6.07, 6.45) is 0. The number of nitrogens with zero attached hydrogens (tertiary/aromatic N) is 1. The van der Waals surface area contributed by atoms with Gasteiger partial charge in [-0.3, -0.25) is 9.59 Å². The third-order valence-electron chi connectivity index (χ3n) is 4.70. The number of carbonyl (C=O) groups is 2. The molecule has 2 amide bonds. The Morgan fingerprint density at radius 3 is 2.22 bits per heavy atom. The van der Waals surface area contributed by atoms with Crippen LogP contribution in [0.15, 0.2) is 66.7 Å². The van der Waals surface area contributed by atoms with Gasteiger partial charge in [0, 0.05) is 29.9 Å². The number of rotatable bonds is 3. The molecule has 0 saturated carbocycles. The fraction of sp³-hybridized carbons (Fsp3) is 0.182. The van der Waals surface area contributed by atoms with E-state index in [1.54, 1.807) is 29.2 Å². The molecule has 4 rings (SSSR count). The van der Waals surface area contributed by atoms with E-state index in [2.05, 4.69) is 5.32 Å². The second-order valence-electron chi connectivity index (χ2n) is 6.50. The third-order valence-corrected chi connectivity index (χ3v) is 4.70. The summed E-state index contributed by atoms with van der Waals surface area (Å²) < 4.78 is 5.28. The van der Waals surface area contributed by atoms with Crippen LogP contribution in [-0.2, 0) is 4.74 Å². The molecule has 5 nitrogen and oxygen atoms in total. The molecule has 1 aliphatic rings. The standard InChI is InChI=1S/C22H20N2O3/c25-21(19-6-5-16-3-1-2-4-18(16)15-19)23-20-9-7-17(8-10-20)22(26)24-11-13-27-14-12-24/h1-10,15H,11-14H2,(H,23,25). The first-order valence-corrected chi connectivity index (χ1v) is 8.98. The van der Waals surface area contributed by atoms with Crippen LogP contribution in [0, 0.1) is 0 Å². The van der Waals surface area contributed by atoms with Crippen molar-refractivity contribution < 1.29 is 14.3 Å². The maximum atomic E-state index is 12.5. The largest absolute Gasteiger partial charge is 0.378 e. The van der Waals surface area contributed by atoms with Crippen molar-refractivity contribution in [3.63, 3.8) is 0 Å². The highest BCUT2D eigenvalue weighted by Crippen LogP contribution is 2.18. The summed E-state index contributed by atoms with van der Waals surface area (Å²) in [5.74, 6) is -0.182. The van der Waals surface area contributed by atoms with Crippen molar-refractivity contribution in [3.8, 4) is 0 Å². The molecule has 5 heteroatoms. The van der Waals surface area contributed by atoms with Crippen molar-refractivity contribution in [2.45, 2.75) is 0 Å². The van der Waals surface area contributed by atoms with E-state index in [1.165, 1.54) is 0 Å². The summed E-state index contributed by atoms with van der Waals surface area (Å²) >= 11 is 0. The molecule has 27 heavy (non-hydrogen) atoms. The Kier molecular flexibility index (Phi) is 4.85. The molecule has 3 aromatic rings. The first-order valence-electron chi connectivity index (χ1n) is 8.98. The molecule has 136 valence electrons. The number of nitrogens with one attached hydrogen (secondary N) is 1. The lowest BCUT2D eigenvalue weighted by molar-refractivity contribution is 0.0303. The average molecular weight is 360 g/mol. The molecule has 1 fully saturated rings. The van der Waals surface area contributed by atoms with E-state index in [1.807, 2.05) is 42.5 Å². The molecule has 0 atom stereocenters. The fourth-order valence-corrected chi connectivity index (χ4v) is 3.18. The summed E-state index contributed by atoms with van der Waals surface area (Å²) in [7, 11) is 0. The summed E-state index contributed by atoms with van der Waals surface area (Å²) in [6, 6.07) is 20.6. The van der Waals surface area contributed by atoms with Gasteiger partial charge < -0.3 is 15.0 Å². The average Bonchev–Trinajstić information content (AvgIpc) is 2.74. The van der Waals surface area contributed by atoms with E-state index in [0.29, 0.717) is 43.1 Å². The van der Waals surface area contributed by atoms with E-state index in [-0.39, 0.29) is 11.8 Å². The molecule has 0 radical (unpaired) electrons. The summed E-state index contributed by atoms with van der Waals surface area (Å²) in [6.45, 7) is 2.37. The van der Waals surface area contributed by atoms with Gasteiger partial charge >= 0.3 is 0 Å². The van der Waals surface area contributed by atoms with Crippen LogP contribution in [-0.4, -0.2) is 43.0 Å². The minimum absolute atomic E-state index is 0.00861. The second-order valence-corrected chi connectivity index (χ2v) is 6.50. The minimum atomic E-state index is -0.173. The number of hydrogen-bond donors (Lipinski definition) is 1. The first kappa shape index (κ1) is 17.2. The maximum Gasteiger partial charge on any atom is 0.255 e. The Morgan fingerprint density at radius 2 is 1.48 bits per heavy atom. The second kappa shape index (κ2) is 7.60. The van der Waals surface area contributed by atoms with E-state index >= 15 is 0 Å². The smallest absolute Gasteiger partial charge is 0.255 e. The topological polar surface area (TPSA) is 58.6 Å². The number of amides is 2. The SMILES string of the molecule is O=C(Nc1ccc(C(=O)N2CCOCC2)cc1)c1ccc2ccccc2c1. The molecule has 0 aromatic heterocycles. The van der Waals surface area contributed by atoms with Gasteiger partial charge in [-0.25, -0.2) is 0 Å². The Bertz CT molecular complexity index is 976. The lowest BCUT2D eigenvalue weighted by Crippen LogP contribution is -2.40. The molecule has 1 saturated heterocycles. The first-order chi connectivity index (χ1) is 13.2. The van der Waals surface area contributed by atoms with E-state index in [0.717, 1.165) is 10.8 Å². The van der Waals surface area contributed by atoms with Gasteiger partial charge in [0.25, 0.3) is 11.8 Å². The predicted molar refractivity (Wildman–Crippen MR) is 105 cm³/mol. The van der Waals surface area contributed by atoms with E-state index in [9.17, 15) is 9.59 Å². The molecule has 1 N–H and O–H groups in total. The van der Waals surface area contributed by atoms with Crippen molar-refractivity contribution in [1.29, 1.82) is 0 Å². The molecule has 1 aliphatic heterocycles. The van der Waals surface area contributed by atoms with Crippen molar-refractivity contribution in [3.05, 3.63) is 77.9 Å². The third kappa shape index (κ3) is 3.83.